The van der Waals surface area contributed by atoms with Crippen molar-refractivity contribution >= 4 is 39.1 Å². The molecule has 6 rings (SSSR count). The van der Waals surface area contributed by atoms with E-state index >= 15 is 4.39 Å². The number of carbonyl (C=O) groups is 2. The minimum Gasteiger partial charge on any atom is -0.487 e. The number of fused-ring (bicyclic) bond motifs is 3. The highest BCUT2D eigenvalue weighted by Crippen LogP contribution is 2.35. The molecule has 2 aromatic rings. The Labute approximate surface area is 318 Å². The number of carbonyl (C=O) groups excluding carboxylic acids is 2. The van der Waals surface area contributed by atoms with Crippen LogP contribution in [0.3, 0.4) is 0 Å². The zero-order valence-corrected chi connectivity index (χ0v) is 32.6. The van der Waals surface area contributed by atoms with Gasteiger partial charge in [0.1, 0.15) is 24.2 Å². The highest BCUT2D eigenvalue weighted by molar-refractivity contribution is 7.90. The summed E-state index contributed by atoms with van der Waals surface area (Å²) in [7, 11) is -2.40. The standard InChI is InChI=1S/C39H53ClFN5O6S/c1-27-9-13-34(41)37(39(48)43(3)17-18-44-19-21-51-22-20-44)46-16-6-8-33(46)25-45-15-5-4-7-29-23-32(40)12-10-31(29)26-52-36-14-11-30(24-35(36)45)38(47)42-53(49,50)28(27)2/h10-14,23-24,27-28,33,37H,4-9,15-22,25-26H2,1-3H3,(H,42,47)/b34-13-/t27-,28+,33-,37+/m0/s1. The topological polar surface area (TPSA) is 112 Å². The van der Waals surface area contributed by atoms with Crippen LogP contribution in [0, 0.1) is 5.92 Å². The van der Waals surface area contributed by atoms with Gasteiger partial charge in [0.15, 0.2) is 0 Å². The molecule has 4 aliphatic heterocycles. The van der Waals surface area contributed by atoms with Crippen LogP contribution in [0.5, 0.6) is 5.75 Å². The van der Waals surface area contributed by atoms with Crippen molar-refractivity contribution in [3.05, 3.63) is 70.0 Å². The molecule has 14 heteroatoms. The van der Waals surface area contributed by atoms with Gasteiger partial charge in [0.2, 0.25) is 15.9 Å². The van der Waals surface area contributed by atoms with Gasteiger partial charge < -0.3 is 19.3 Å². The molecule has 0 saturated carbocycles. The van der Waals surface area contributed by atoms with Gasteiger partial charge in [-0.15, -0.1) is 0 Å². The molecule has 2 aromatic carbocycles. The van der Waals surface area contributed by atoms with Gasteiger partial charge in [-0.2, -0.15) is 0 Å². The zero-order chi connectivity index (χ0) is 37.7. The number of morpholine rings is 1. The Hall–Kier alpha value is -3.23. The molecule has 53 heavy (non-hydrogen) atoms. The van der Waals surface area contributed by atoms with E-state index in [1.54, 1.807) is 37.1 Å². The van der Waals surface area contributed by atoms with Crippen LogP contribution in [-0.2, 0) is 32.6 Å². The van der Waals surface area contributed by atoms with Crippen molar-refractivity contribution < 1.29 is 31.9 Å². The first-order chi connectivity index (χ1) is 25.4. The molecule has 4 atom stereocenters. The third-order valence-corrected chi connectivity index (χ3v) is 13.5. The van der Waals surface area contributed by atoms with E-state index in [0.717, 1.165) is 56.3 Å². The molecule has 0 spiro atoms. The van der Waals surface area contributed by atoms with Crippen molar-refractivity contribution in [3.63, 3.8) is 0 Å². The number of aryl methyl sites for hydroxylation is 1. The molecule has 2 amide bonds. The predicted molar refractivity (Wildman–Crippen MR) is 205 cm³/mol. The summed E-state index contributed by atoms with van der Waals surface area (Å²) in [6.07, 6.45) is 5.50. The van der Waals surface area contributed by atoms with Crippen molar-refractivity contribution in [2.45, 2.75) is 76.3 Å². The van der Waals surface area contributed by atoms with Crippen LogP contribution >= 0.6 is 11.6 Å². The van der Waals surface area contributed by atoms with Gasteiger partial charge >= 0.3 is 0 Å². The van der Waals surface area contributed by atoms with E-state index in [1.165, 1.54) is 13.0 Å². The summed E-state index contributed by atoms with van der Waals surface area (Å²) in [5.74, 6) is -1.63. The molecule has 11 nitrogen and oxygen atoms in total. The van der Waals surface area contributed by atoms with Crippen LogP contribution in [0.4, 0.5) is 10.1 Å². The number of hydrogen-bond donors (Lipinski definition) is 1. The van der Waals surface area contributed by atoms with Crippen molar-refractivity contribution in [2.24, 2.45) is 5.92 Å². The molecule has 290 valence electrons. The predicted octanol–water partition coefficient (Wildman–Crippen LogP) is 5.03. The summed E-state index contributed by atoms with van der Waals surface area (Å²) in [5, 5.41) is -0.348. The van der Waals surface area contributed by atoms with Gasteiger partial charge in [0, 0.05) is 62.9 Å². The summed E-state index contributed by atoms with van der Waals surface area (Å²) in [4.78, 5) is 35.9. The fourth-order valence-corrected chi connectivity index (χ4v) is 9.25. The molecular formula is C39H53ClFN5O6S. The SMILES string of the molecule is C[C@@H]1[C@@H](C)C/C=C(\F)[C@H](C(=O)N(C)CCN2CCOCC2)N2CCC[C@H]2CN2CCCCc3cc(Cl)ccc3COc3ccc(cc32)C(=O)NS1(=O)=O. The monoisotopic (exact) mass is 773 g/mol. The lowest BCUT2D eigenvalue weighted by Gasteiger charge is -2.38. The largest absolute Gasteiger partial charge is 0.487 e. The van der Waals surface area contributed by atoms with Gasteiger partial charge in [0.25, 0.3) is 5.91 Å². The van der Waals surface area contributed by atoms with Crippen LogP contribution < -0.4 is 14.4 Å². The fourth-order valence-electron chi connectivity index (χ4n) is 7.77. The molecule has 4 aliphatic rings. The third kappa shape index (κ3) is 9.54. The number of allylic oxidation sites excluding steroid dienone is 1. The number of hydrogen-bond acceptors (Lipinski definition) is 9. The van der Waals surface area contributed by atoms with Crippen molar-refractivity contribution in [1.29, 1.82) is 0 Å². The molecule has 0 radical (unpaired) electrons. The average molecular weight is 774 g/mol. The molecule has 0 aromatic heterocycles. The molecule has 2 bridgehead atoms. The van der Waals surface area contributed by atoms with Gasteiger partial charge in [-0.25, -0.2) is 17.5 Å². The average Bonchev–Trinajstić information content (AvgIpc) is 3.59. The van der Waals surface area contributed by atoms with E-state index in [0.29, 0.717) is 62.4 Å². The summed E-state index contributed by atoms with van der Waals surface area (Å²) >= 11 is 6.37. The molecular weight excluding hydrogens is 721 g/mol. The number of rotatable bonds is 4. The van der Waals surface area contributed by atoms with E-state index in [-0.39, 0.29) is 30.5 Å². The van der Waals surface area contributed by atoms with E-state index < -0.39 is 39.0 Å². The molecule has 2 saturated heterocycles. The lowest BCUT2D eigenvalue weighted by molar-refractivity contribution is -0.135. The summed E-state index contributed by atoms with van der Waals surface area (Å²) in [5.41, 5.74) is 2.97. The maximum Gasteiger partial charge on any atom is 0.264 e. The number of nitrogens with zero attached hydrogens (tertiary/aromatic N) is 4. The fraction of sp³-hybridized carbons (Fsp3) is 0.590. The third-order valence-electron chi connectivity index (χ3n) is 11.4. The van der Waals surface area contributed by atoms with Crippen LogP contribution in [-0.4, -0.2) is 118 Å². The minimum atomic E-state index is -4.14. The number of halogens is 2. The van der Waals surface area contributed by atoms with Gasteiger partial charge in [-0.3, -0.25) is 19.4 Å². The van der Waals surface area contributed by atoms with Crippen LogP contribution in [0.1, 0.15) is 67.4 Å². The minimum absolute atomic E-state index is 0.0811. The van der Waals surface area contributed by atoms with Crippen molar-refractivity contribution in [2.75, 3.05) is 71.0 Å². The van der Waals surface area contributed by atoms with E-state index in [2.05, 4.69) is 14.5 Å². The smallest absolute Gasteiger partial charge is 0.264 e. The second-order valence-corrected chi connectivity index (χ2v) is 17.4. The van der Waals surface area contributed by atoms with Crippen LogP contribution in [0.2, 0.25) is 5.02 Å². The van der Waals surface area contributed by atoms with Gasteiger partial charge in [0.05, 0.1) is 24.2 Å². The Morgan fingerprint density at radius 1 is 1.04 bits per heavy atom. The number of amides is 2. The molecule has 2 fully saturated rings. The Morgan fingerprint density at radius 3 is 2.62 bits per heavy atom. The number of nitrogens with one attached hydrogen (secondary N) is 1. The molecule has 1 N–H and O–H groups in total. The number of benzene rings is 2. The normalized spacial score (nSPS) is 27.2. The van der Waals surface area contributed by atoms with Gasteiger partial charge in [-0.1, -0.05) is 30.7 Å². The first-order valence-electron chi connectivity index (χ1n) is 18.9. The van der Waals surface area contributed by atoms with E-state index in [9.17, 15) is 18.0 Å². The Morgan fingerprint density at radius 2 is 1.83 bits per heavy atom. The first-order valence-corrected chi connectivity index (χ1v) is 20.8. The highest BCUT2D eigenvalue weighted by atomic mass is 35.5. The second-order valence-electron chi connectivity index (χ2n) is 14.9. The molecule has 0 aliphatic carbocycles. The zero-order valence-electron chi connectivity index (χ0n) is 31.1. The number of ether oxygens (including phenoxy) is 2. The number of sulfonamides is 1. The maximum atomic E-state index is 16.7. The Balaban J connectivity index is 1.37. The lowest BCUT2D eigenvalue weighted by Crippen LogP contribution is -2.53. The Bertz CT molecular complexity index is 1770. The number of anilines is 1. The van der Waals surface area contributed by atoms with E-state index in [4.69, 9.17) is 21.1 Å². The van der Waals surface area contributed by atoms with Gasteiger partial charge in [-0.05, 0) is 99.4 Å². The molecule has 0 unspecified atom stereocenters. The summed E-state index contributed by atoms with van der Waals surface area (Å²) in [6.45, 7) is 9.09. The number of likely N-dealkylation sites (N-methyl/N-ethyl adjacent to an activating group) is 1. The summed E-state index contributed by atoms with van der Waals surface area (Å²) < 4.78 is 57.9. The van der Waals surface area contributed by atoms with Crippen LogP contribution in [0.15, 0.2) is 48.3 Å². The van der Waals surface area contributed by atoms with Crippen molar-refractivity contribution in [1.82, 2.24) is 19.4 Å². The van der Waals surface area contributed by atoms with Crippen molar-refractivity contribution in [3.8, 4) is 5.75 Å². The summed E-state index contributed by atoms with van der Waals surface area (Å²) in [6, 6.07) is 9.48. The lowest BCUT2D eigenvalue weighted by atomic mass is 10.0. The van der Waals surface area contributed by atoms with Crippen LogP contribution in [0.25, 0.3) is 0 Å². The maximum absolute atomic E-state index is 16.7. The van der Waals surface area contributed by atoms with E-state index in [1.807, 2.05) is 23.1 Å². The first kappa shape index (κ1) is 39.5. The quantitative estimate of drug-likeness (QED) is 0.458. The molecule has 4 heterocycles. The Kier molecular flexibility index (Phi) is 13.0. The second kappa shape index (κ2) is 17.5. The highest BCUT2D eigenvalue weighted by Gasteiger charge is 2.40.